The van der Waals surface area contributed by atoms with E-state index in [4.69, 9.17) is 0 Å². The van der Waals surface area contributed by atoms with Gasteiger partial charge >= 0.3 is 0 Å². The van der Waals surface area contributed by atoms with Crippen molar-refractivity contribution in [2.75, 3.05) is 20.1 Å². The van der Waals surface area contributed by atoms with Crippen LogP contribution >= 0.6 is 15.9 Å². The first-order valence-electron chi connectivity index (χ1n) is 6.80. The summed E-state index contributed by atoms with van der Waals surface area (Å²) < 4.78 is 0.996. The van der Waals surface area contributed by atoms with Gasteiger partial charge in [-0.05, 0) is 43.5 Å². The van der Waals surface area contributed by atoms with Crippen LogP contribution in [0.3, 0.4) is 0 Å². The predicted molar refractivity (Wildman–Crippen MR) is 81.6 cm³/mol. The van der Waals surface area contributed by atoms with E-state index in [0.717, 1.165) is 29.4 Å². The van der Waals surface area contributed by atoms with E-state index < -0.39 is 0 Å². The van der Waals surface area contributed by atoms with Gasteiger partial charge in [-0.1, -0.05) is 15.9 Å². The first kappa shape index (κ1) is 15.0. The van der Waals surface area contributed by atoms with Gasteiger partial charge in [0.05, 0.1) is 5.92 Å². The van der Waals surface area contributed by atoms with Crippen molar-refractivity contribution in [1.29, 1.82) is 0 Å². The van der Waals surface area contributed by atoms with E-state index in [0.29, 0.717) is 12.1 Å². The number of carbonyl (C=O) groups is 2. The second kappa shape index (κ2) is 6.39. The smallest absolute Gasteiger partial charge is 0.253 e. The van der Waals surface area contributed by atoms with Gasteiger partial charge in [-0.3, -0.25) is 9.59 Å². The molecule has 0 aromatic heterocycles. The number of aryl methyl sites for hydroxylation is 1. The maximum Gasteiger partial charge on any atom is 0.253 e. The number of nitrogens with one attached hydrogen (secondary N) is 1. The number of rotatable bonds is 2. The summed E-state index contributed by atoms with van der Waals surface area (Å²) in [5.41, 5.74) is 1.72. The van der Waals surface area contributed by atoms with Gasteiger partial charge < -0.3 is 10.2 Å². The fraction of sp³-hybridized carbons (Fsp3) is 0.467. The minimum atomic E-state index is -0.0887. The number of benzene rings is 1. The molecule has 1 aliphatic heterocycles. The summed E-state index contributed by atoms with van der Waals surface area (Å²) in [5.74, 6) is -0.0575. The second-order valence-electron chi connectivity index (χ2n) is 5.17. The van der Waals surface area contributed by atoms with Gasteiger partial charge in [0.1, 0.15) is 0 Å². The van der Waals surface area contributed by atoms with Crippen LogP contribution in [0.2, 0.25) is 0 Å². The zero-order valence-electron chi connectivity index (χ0n) is 11.8. The fourth-order valence-corrected chi connectivity index (χ4v) is 2.79. The van der Waals surface area contributed by atoms with Gasteiger partial charge in [0.25, 0.3) is 5.91 Å². The van der Waals surface area contributed by atoms with Crippen LogP contribution in [0.1, 0.15) is 28.8 Å². The van der Waals surface area contributed by atoms with Crippen LogP contribution in [0.5, 0.6) is 0 Å². The monoisotopic (exact) mass is 338 g/mol. The Bertz CT molecular complexity index is 531. The van der Waals surface area contributed by atoms with E-state index in [-0.39, 0.29) is 17.7 Å². The Kier molecular flexibility index (Phi) is 4.81. The maximum absolute atomic E-state index is 12.5. The van der Waals surface area contributed by atoms with Gasteiger partial charge in [0.2, 0.25) is 5.91 Å². The Morgan fingerprint density at radius 3 is 2.80 bits per heavy atom. The number of halogens is 1. The summed E-state index contributed by atoms with van der Waals surface area (Å²) in [6.45, 7) is 3.19. The normalized spacial score (nSPS) is 18.8. The highest BCUT2D eigenvalue weighted by molar-refractivity contribution is 9.10. The third-order valence-corrected chi connectivity index (χ3v) is 4.62. The summed E-state index contributed by atoms with van der Waals surface area (Å²) in [5, 5.41) is 2.67. The average molecular weight is 339 g/mol. The van der Waals surface area contributed by atoms with E-state index in [1.807, 2.05) is 25.1 Å². The molecule has 1 N–H and O–H groups in total. The van der Waals surface area contributed by atoms with E-state index >= 15 is 0 Å². The van der Waals surface area contributed by atoms with Gasteiger partial charge in [0, 0.05) is 30.2 Å². The van der Waals surface area contributed by atoms with E-state index in [2.05, 4.69) is 21.2 Å². The molecule has 0 saturated carbocycles. The molecule has 0 bridgehead atoms. The van der Waals surface area contributed by atoms with Gasteiger partial charge in [-0.25, -0.2) is 0 Å². The third kappa shape index (κ3) is 3.20. The molecule has 1 atom stereocenters. The minimum absolute atomic E-state index is 0.00852. The van der Waals surface area contributed by atoms with Crippen molar-refractivity contribution in [2.24, 2.45) is 5.92 Å². The Balaban J connectivity index is 2.12. The largest absolute Gasteiger partial charge is 0.359 e. The summed E-state index contributed by atoms with van der Waals surface area (Å²) in [6, 6.07) is 5.60. The molecule has 4 nitrogen and oxygen atoms in total. The second-order valence-corrected chi connectivity index (χ2v) is 6.02. The number of hydrogen-bond donors (Lipinski definition) is 1. The third-order valence-electron chi connectivity index (χ3n) is 3.73. The molecule has 2 rings (SSSR count). The van der Waals surface area contributed by atoms with Gasteiger partial charge in [-0.15, -0.1) is 0 Å². The molecule has 108 valence electrons. The number of carbonyl (C=O) groups excluding carboxylic acids is 2. The lowest BCUT2D eigenvalue weighted by Crippen LogP contribution is -2.44. The zero-order valence-corrected chi connectivity index (χ0v) is 13.4. The molecule has 20 heavy (non-hydrogen) atoms. The lowest BCUT2D eigenvalue weighted by molar-refractivity contribution is -0.125. The fourth-order valence-electron chi connectivity index (χ4n) is 2.54. The van der Waals surface area contributed by atoms with Crippen LogP contribution in [0, 0.1) is 12.8 Å². The van der Waals surface area contributed by atoms with Crippen LogP contribution in [-0.4, -0.2) is 36.9 Å². The van der Waals surface area contributed by atoms with Gasteiger partial charge in [-0.2, -0.15) is 0 Å². The molecule has 1 aromatic carbocycles. The Morgan fingerprint density at radius 1 is 1.40 bits per heavy atom. The number of piperidine rings is 1. The highest BCUT2D eigenvalue weighted by Gasteiger charge is 2.28. The number of nitrogens with zero attached hydrogens (tertiary/aromatic N) is 1. The molecule has 5 heteroatoms. The molecule has 1 saturated heterocycles. The lowest BCUT2D eigenvalue weighted by Gasteiger charge is -2.32. The SMILES string of the molecule is CNC(=O)C1CCCN(C(=O)c2ccc(Br)c(C)c2)C1. The molecule has 2 amide bonds. The molecule has 1 aromatic rings. The lowest BCUT2D eigenvalue weighted by atomic mass is 9.96. The van der Waals surface area contributed by atoms with E-state index in [1.165, 1.54) is 0 Å². The number of hydrogen-bond acceptors (Lipinski definition) is 2. The minimum Gasteiger partial charge on any atom is -0.359 e. The average Bonchev–Trinajstić information content (AvgIpc) is 2.48. The Labute approximate surface area is 127 Å². The standard InChI is InChI=1S/C15H19BrN2O2/c1-10-8-11(5-6-13(10)16)15(20)18-7-3-4-12(9-18)14(19)17-2/h5-6,8,12H,3-4,7,9H2,1-2H3,(H,17,19). The molecule has 1 aliphatic rings. The van der Waals surface area contributed by atoms with E-state index in [1.54, 1.807) is 11.9 Å². The van der Waals surface area contributed by atoms with Crippen molar-refractivity contribution in [3.05, 3.63) is 33.8 Å². The van der Waals surface area contributed by atoms with E-state index in [9.17, 15) is 9.59 Å². The quantitative estimate of drug-likeness (QED) is 0.899. The van der Waals surface area contributed by atoms with Crippen molar-refractivity contribution >= 4 is 27.7 Å². The van der Waals surface area contributed by atoms with Crippen molar-refractivity contribution in [3.63, 3.8) is 0 Å². The summed E-state index contributed by atoms with van der Waals surface area (Å²) >= 11 is 3.43. The van der Waals surface area contributed by atoms with Crippen molar-refractivity contribution in [1.82, 2.24) is 10.2 Å². The van der Waals surface area contributed by atoms with Crippen LogP contribution < -0.4 is 5.32 Å². The molecule has 0 spiro atoms. The molecular formula is C15H19BrN2O2. The molecule has 1 fully saturated rings. The summed E-state index contributed by atoms with van der Waals surface area (Å²) in [4.78, 5) is 26.0. The topological polar surface area (TPSA) is 49.4 Å². The van der Waals surface area contributed by atoms with Crippen molar-refractivity contribution in [3.8, 4) is 0 Å². The highest BCUT2D eigenvalue weighted by Crippen LogP contribution is 2.21. The number of likely N-dealkylation sites (tertiary alicyclic amines) is 1. The van der Waals surface area contributed by atoms with Crippen LogP contribution in [-0.2, 0) is 4.79 Å². The number of amides is 2. The van der Waals surface area contributed by atoms with Crippen LogP contribution in [0.25, 0.3) is 0 Å². The van der Waals surface area contributed by atoms with Gasteiger partial charge in [0.15, 0.2) is 0 Å². The predicted octanol–water partition coefficient (Wildman–Crippen LogP) is 2.36. The maximum atomic E-state index is 12.5. The molecular weight excluding hydrogens is 320 g/mol. The molecule has 1 heterocycles. The van der Waals surface area contributed by atoms with Crippen LogP contribution in [0.4, 0.5) is 0 Å². The summed E-state index contributed by atoms with van der Waals surface area (Å²) in [6.07, 6.45) is 1.72. The van der Waals surface area contributed by atoms with Crippen molar-refractivity contribution in [2.45, 2.75) is 19.8 Å². The molecule has 0 radical (unpaired) electrons. The Hall–Kier alpha value is -1.36. The summed E-state index contributed by atoms with van der Waals surface area (Å²) in [7, 11) is 1.64. The molecule has 0 aliphatic carbocycles. The zero-order chi connectivity index (χ0) is 14.7. The van der Waals surface area contributed by atoms with Crippen LogP contribution in [0.15, 0.2) is 22.7 Å². The Morgan fingerprint density at radius 2 is 2.15 bits per heavy atom. The van der Waals surface area contributed by atoms with Crippen molar-refractivity contribution < 1.29 is 9.59 Å². The first-order chi connectivity index (χ1) is 9.52. The molecule has 1 unspecified atom stereocenters. The first-order valence-corrected chi connectivity index (χ1v) is 7.59. The highest BCUT2D eigenvalue weighted by atomic mass is 79.9.